The van der Waals surface area contributed by atoms with Gasteiger partial charge in [-0.05, 0) is 18.1 Å². The summed E-state index contributed by atoms with van der Waals surface area (Å²) in [6.45, 7) is 0. The van der Waals surface area contributed by atoms with Crippen LogP contribution >= 0.6 is 23.5 Å². The Labute approximate surface area is 92.6 Å². The van der Waals surface area contributed by atoms with E-state index in [0.29, 0.717) is 0 Å². The number of aryl methyl sites for hydroxylation is 1. The molecule has 3 rings (SSSR count). The lowest BCUT2D eigenvalue weighted by atomic mass is 10.1. The third kappa shape index (κ3) is 1.43. The van der Waals surface area contributed by atoms with Crippen LogP contribution in [0.5, 0.6) is 5.75 Å². The van der Waals surface area contributed by atoms with Gasteiger partial charge in [0.2, 0.25) is 4.27 Å². The van der Waals surface area contributed by atoms with Gasteiger partial charge in [0.1, 0.15) is 5.75 Å². The average Bonchev–Trinajstić information content (AvgIpc) is 2.66. The highest BCUT2D eigenvalue weighted by Crippen LogP contribution is 2.51. The van der Waals surface area contributed by atoms with Crippen LogP contribution in [0.3, 0.4) is 0 Å². The fourth-order valence-electron chi connectivity index (χ4n) is 1.96. The monoisotopic (exact) mass is 224 g/mol. The van der Waals surface area contributed by atoms with Crippen molar-refractivity contribution in [3.63, 3.8) is 0 Å². The maximum absolute atomic E-state index is 6.11. The van der Waals surface area contributed by atoms with Crippen LogP contribution in [0.15, 0.2) is 24.3 Å². The summed E-state index contributed by atoms with van der Waals surface area (Å²) in [5, 5.41) is 0. The zero-order valence-corrected chi connectivity index (χ0v) is 9.50. The number of hydrogen-bond donors (Lipinski definition) is 0. The largest absolute Gasteiger partial charge is 0.467 e. The molecule has 0 N–H and O–H groups in total. The summed E-state index contributed by atoms with van der Waals surface area (Å²) < 4.78 is 6.16. The Kier molecular flexibility index (Phi) is 2.17. The summed E-state index contributed by atoms with van der Waals surface area (Å²) in [5.41, 5.74) is 1.37. The zero-order valence-electron chi connectivity index (χ0n) is 7.86. The molecule has 74 valence electrons. The summed E-state index contributed by atoms with van der Waals surface area (Å²) in [5.74, 6) is 3.56. The Hall–Kier alpha value is -0.280. The lowest BCUT2D eigenvalue weighted by Crippen LogP contribution is -2.30. The first-order valence-electron chi connectivity index (χ1n) is 4.93. The van der Waals surface area contributed by atoms with E-state index in [1.165, 1.54) is 17.1 Å². The molecule has 2 aliphatic rings. The molecule has 2 aliphatic heterocycles. The topological polar surface area (TPSA) is 9.23 Å². The molecule has 3 heteroatoms. The van der Waals surface area contributed by atoms with E-state index in [4.69, 9.17) is 4.74 Å². The molecule has 1 spiro atoms. The minimum Gasteiger partial charge on any atom is -0.467 e. The van der Waals surface area contributed by atoms with Crippen molar-refractivity contribution in [3.05, 3.63) is 29.8 Å². The van der Waals surface area contributed by atoms with E-state index < -0.39 is 0 Å². The fraction of sp³-hybridized carbons (Fsp3) is 0.455. The normalized spacial score (nSPS) is 23.1. The van der Waals surface area contributed by atoms with Crippen LogP contribution in [0, 0.1) is 0 Å². The van der Waals surface area contributed by atoms with Crippen molar-refractivity contribution in [3.8, 4) is 5.75 Å². The number of hydrogen-bond acceptors (Lipinski definition) is 3. The molecule has 0 bridgehead atoms. The molecule has 2 heterocycles. The van der Waals surface area contributed by atoms with Crippen molar-refractivity contribution in [2.45, 2.75) is 17.1 Å². The smallest absolute Gasteiger partial charge is 0.201 e. The summed E-state index contributed by atoms with van der Waals surface area (Å²) in [7, 11) is 0. The first-order chi connectivity index (χ1) is 6.88. The van der Waals surface area contributed by atoms with Gasteiger partial charge >= 0.3 is 0 Å². The number of para-hydroxylation sites is 1. The summed E-state index contributed by atoms with van der Waals surface area (Å²) in [6.07, 6.45) is 2.32. The maximum atomic E-state index is 6.11. The van der Waals surface area contributed by atoms with Gasteiger partial charge in [0.05, 0.1) is 0 Å². The molecular weight excluding hydrogens is 212 g/mol. The molecule has 0 radical (unpaired) electrons. The van der Waals surface area contributed by atoms with Crippen LogP contribution in [0.1, 0.15) is 12.0 Å². The van der Waals surface area contributed by atoms with Crippen molar-refractivity contribution >= 4 is 23.5 Å². The van der Waals surface area contributed by atoms with Crippen LogP contribution < -0.4 is 4.74 Å². The van der Waals surface area contributed by atoms with Crippen LogP contribution in [0.4, 0.5) is 0 Å². The highest BCUT2D eigenvalue weighted by atomic mass is 32.2. The molecule has 14 heavy (non-hydrogen) atoms. The van der Waals surface area contributed by atoms with Gasteiger partial charge in [-0.1, -0.05) is 18.2 Å². The third-order valence-corrected chi connectivity index (χ3v) is 5.90. The van der Waals surface area contributed by atoms with Crippen molar-refractivity contribution in [1.29, 1.82) is 0 Å². The van der Waals surface area contributed by atoms with Gasteiger partial charge in [-0.15, -0.1) is 23.5 Å². The van der Waals surface area contributed by atoms with Crippen LogP contribution in [0.2, 0.25) is 0 Å². The Balaban J connectivity index is 1.92. The molecule has 1 fully saturated rings. The third-order valence-electron chi connectivity index (χ3n) is 2.67. The van der Waals surface area contributed by atoms with Gasteiger partial charge in [0, 0.05) is 17.9 Å². The van der Waals surface area contributed by atoms with Crippen molar-refractivity contribution < 1.29 is 4.74 Å². The molecule has 1 aromatic carbocycles. The molecule has 1 nitrogen and oxygen atoms in total. The van der Waals surface area contributed by atoms with E-state index in [0.717, 1.165) is 18.6 Å². The van der Waals surface area contributed by atoms with Gasteiger partial charge in [-0.3, -0.25) is 0 Å². The SMILES string of the molecule is c1ccc2c(c1)CCC1(O2)SCCS1. The molecule has 0 atom stereocenters. The molecule has 0 unspecified atom stereocenters. The van der Waals surface area contributed by atoms with Gasteiger partial charge in [0.15, 0.2) is 0 Å². The van der Waals surface area contributed by atoms with Crippen molar-refractivity contribution in [1.82, 2.24) is 0 Å². The van der Waals surface area contributed by atoms with E-state index in [1.54, 1.807) is 0 Å². The zero-order chi connectivity index (χ0) is 9.43. The van der Waals surface area contributed by atoms with E-state index in [-0.39, 0.29) is 4.27 Å². The molecule has 1 saturated heterocycles. The highest BCUT2D eigenvalue weighted by Gasteiger charge is 2.40. The lowest BCUT2D eigenvalue weighted by Gasteiger charge is -2.33. The van der Waals surface area contributed by atoms with Crippen molar-refractivity contribution in [2.75, 3.05) is 11.5 Å². The van der Waals surface area contributed by atoms with Crippen LogP contribution in [-0.4, -0.2) is 15.8 Å². The van der Waals surface area contributed by atoms with E-state index in [1.807, 2.05) is 23.5 Å². The first kappa shape index (κ1) is 8.98. The second kappa shape index (κ2) is 3.38. The second-order valence-corrected chi connectivity index (χ2v) is 6.56. The average molecular weight is 224 g/mol. The minimum absolute atomic E-state index is 0.0500. The van der Waals surface area contributed by atoms with Gasteiger partial charge in [-0.2, -0.15) is 0 Å². The second-order valence-electron chi connectivity index (χ2n) is 3.59. The standard InChI is InChI=1S/C11H12OS2/c1-2-4-10-9(3-1)5-6-11(12-10)13-7-8-14-11/h1-4H,5-8H2. The van der Waals surface area contributed by atoms with Gasteiger partial charge < -0.3 is 4.74 Å². The fourth-order valence-corrected chi connectivity index (χ4v) is 4.87. The number of ether oxygens (including phenoxy) is 1. The summed E-state index contributed by atoms with van der Waals surface area (Å²) >= 11 is 3.94. The quantitative estimate of drug-likeness (QED) is 0.670. The molecule has 0 aromatic heterocycles. The Morgan fingerprint density at radius 1 is 1.14 bits per heavy atom. The molecule has 0 amide bonds. The van der Waals surface area contributed by atoms with Gasteiger partial charge in [-0.25, -0.2) is 0 Å². The molecule has 0 aliphatic carbocycles. The Bertz CT molecular complexity index is 345. The van der Waals surface area contributed by atoms with E-state index >= 15 is 0 Å². The number of rotatable bonds is 0. The molecule has 1 aromatic rings. The van der Waals surface area contributed by atoms with E-state index in [2.05, 4.69) is 24.3 Å². The molecule has 0 saturated carbocycles. The summed E-state index contributed by atoms with van der Waals surface area (Å²) in [6, 6.07) is 8.42. The minimum atomic E-state index is 0.0500. The molecular formula is C11H12OS2. The number of thioether (sulfide) groups is 2. The lowest BCUT2D eigenvalue weighted by molar-refractivity contribution is 0.227. The Morgan fingerprint density at radius 3 is 2.79 bits per heavy atom. The number of fused-ring (bicyclic) bond motifs is 1. The number of benzene rings is 1. The highest BCUT2D eigenvalue weighted by molar-refractivity contribution is 8.21. The van der Waals surface area contributed by atoms with Crippen LogP contribution in [-0.2, 0) is 6.42 Å². The first-order valence-corrected chi connectivity index (χ1v) is 6.90. The van der Waals surface area contributed by atoms with Crippen LogP contribution in [0.25, 0.3) is 0 Å². The van der Waals surface area contributed by atoms with E-state index in [9.17, 15) is 0 Å². The predicted octanol–water partition coefficient (Wildman–Crippen LogP) is 3.15. The summed E-state index contributed by atoms with van der Waals surface area (Å²) in [4.78, 5) is 0. The maximum Gasteiger partial charge on any atom is 0.201 e. The van der Waals surface area contributed by atoms with Crippen molar-refractivity contribution in [2.24, 2.45) is 0 Å². The Morgan fingerprint density at radius 2 is 1.93 bits per heavy atom. The van der Waals surface area contributed by atoms with Gasteiger partial charge in [0.25, 0.3) is 0 Å². The predicted molar refractivity (Wildman–Crippen MR) is 63.0 cm³/mol.